The van der Waals surface area contributed by atoms with Crippen LogP contribution in [0.5, 0.6) is 5.75 Å². The maximum atomic E-state index is 12.9. The zero-order chi connectivity index (χ0) is 13.3. The molecule has 0 aromatic heterocycles. The van der Waals surface area contributed by atoms with Crippen molar-refractivity contribution in [2.45, 2.75) is 18.2 Å². The highest BCUT2D eigenvalue weighted by molar-refractivity contribution is 9.09. The molecule has 5 heteroatoms. The number of halogens is 2. The Morgan fingerprint density at radius 1 is 1.56 bits per heavy atom. The second-order valence-corrected chi connectivity index (χ2v) is 5.87. The standard InChI is InChI=1S/C13H15BrFNO2/c1-8-4-5-16(7-11(8)14)13(18)10-3-2-9(15)6-12(10)17/h2-3,6,8,11,17H,4-5,7H2,1H3. The molecule has 1 aromatic rings. The third kappa shape index (κ3) is 2.66. The van der Waals surface area contributed by atoms with Crippen LogP contribution in [0.1, 0.15) is 23.7 Å². The van der Waals surface area contributed by atoms with Crippen LogP contribution in [0, 0.1) is 11.7 Å². The number of aromatic hydroxyl groups is 1. The first kappa shape index (κ1) is 13.3. The molecular weight excluding hydrogens is 301 g/mol. The number of rotatable bonds is 1. The largest absolute Gasteiger partial charge is 0.507 e. The Bertz CT molecular complexity index is 466. The van der Waals surface area contributed by atoms with Crippen LogP contribution in [0.25, 0.3) is 0 Å². The predicted molar refractivity (Wildman–Crippen MR) is 70.5 cm³/mol. The van der Waals surface area contributed by atoms with Crippen LogP contribution < -0.4 is 0 Å². The summed E-state index contributed by atoms with van der Waals surface area (Å²) in [7, 11) is 0. The number of nitrogens with zero attached hydrogens (tertiary/aromatic N) is 1. The summed E-state index contributed by atoms with van der Waals surface area (Å²) in [5, 5.41) is 9.61. The fraction of sp³-hybridized carbons (Fsp3) is 0.462. The van der Waals surface area contributed by atoms with E-state index >= 15 is 0 Å². The molecule has 1 fully saturated rings. The van der Waals surface area contributed by atoms with Gasteiger partial charge in [-0.25, -0.2) is 4.39 Å². The Morgan fingerprint density at radius 2 is 2.28 bits per heavy atom. The number of hydrogen-bond donors (Lipinski definition) is 1. The Labute approximate surface area is 114 Å². The van der Waals surface area contributed by atoms with E-state index in [0.29, 0.717) is 19.0 Å². The van der Waals surface area contributed by atoms with Gasteiger partial charge < -0.3 is 10.0 Å². The summed E-state index contributed by atoms with van der Waals surface area (Å²) in [6.45, 7) is 3.41. The predicted octanol–water partition coefficient (Wildman–Crippen LogP) is 2.78. The zero-order valence-corrected chi connectivity index (χ0v) is 11.7. The fourth-order valence-corrected chi connectivity index (χ4v) is 2.68. The molecule has 0 spiro atoms. The van der Waals surface area contributed by atoms with Crippen molar-refractivity contribution in [2.24, 2.45) is 5.92 Å². The van der Waals surface area contributed by atoms with Gasteiger partial charge in [-0.15, -0.1) is 0 Å². The number of carbonyl (C=O) groups is 1. The van der Waals surface area contributed by atoms with E-state index in [1.54, 1.807) is 4.90 Å². The molecule has 1 aliphatic heterocycles. The van der Waals surface area contributed by atoms with E-state index in [9.17, 15) is 14.3 Å². The highest BCUT2D eigenvalue weighted by atomic mass is 79.9. The monoisotopic (exact) mass is 315 g/mol. The van der Waals surface area contributed by atoms with Crippen molar-refractivity contribution in [1.82, 2.24) is 4.90 Å². The molecule has 0 radical (unpaired) electrons. The Kier molecular flexibility index (Phi) is 3.90. The summed E-state index contributed by atoms with van der Waals surface area (Å²) in [4.78, 5) is 14.2. The summed E-state index contributed by atoms with van der Waals surface area (Å²) in [5.41, 5.74) is 0.158. The Hall–Kier alpha value is -1.10. The molecule has 0 saturated carbocycles. The fourth-order valence-electron chi connectivity index (χ4n) is 2.06. The van der Waals surface area contributed by atoms with Crippen LogP contribution in [0.4, 0.5) is 4.39 Å². The minimum Gasteiger partial charge on any atom is -0.507 e. The van der Waals surface area contributed by atoms with Gasteiger partial charge in [-0.05, 0) is 24.5 Å². The lowest BCUT2D eigenvalue weighted by atomic mass is 9.98. The van der Waals surface area contributed by atoms with Crippen LogP contribution in [-0.4, -0.2) is 33.8 Å². The van der Waals surface area contributed by atoms with Crippen molar-refractivity contribution in [3.63, 3.8) is 0 Å². The number of phenols is 1. The average Bonchev–Trinajstić information content (AvgIpc) is 2.32. The first-order valence-electron chi connectivity index (χ1n) is 5.91. The molecule has 1 saturated heterocycles. The topological polar surface area (TPSA) is 40.5 Å². The number of benzene rings is 1. The molecule has 2 rings (SSSR count). The van der Waals surface area contributed by atoms with E-state index in [1.165, 1.54) is 12.1 Å². The summed E-state index contributed by atoms with van der Waals surface area (Å²) in [6.07, 6.45) is 0.920. The lowest BCUT2D eigenvalue weighted by Gasteiger charge is -2.34. The van der Waals surface area contributed by atoms with E-state index in [2.05, 4.69) is 22.9 Å². The quantitative estimate of drug-likeness (QED) is 0.810. The van der Waals surface area contributed by atoms with Gasteiger partial charge in [-0.3, -0.25) is 4.79 Å². The molecule has 1 N–H and O–H groups in total. The molecule has 0 aliphatic carbocycles. The van der Waals surface area contributed by atoms with Gasteiger partial charge in [0.25, 0.3) is 5.91 Å². The molecule has 1 heterocycles. The molecule has 1 aliphatic rings. The van der Waals surface area contributed by atoms with Gasteiger partial charge in [0.15, 0.2) is 0 Å². The normalized spacial score (nSPS) is 24.1. The lowest BCUT2D eigenvalue weighted by Crippen LogP contribution is -2.43. The number of likely N-dealkylation sites (tertiary alicyclic amines) is 1. The number of carbonyl (C=O) groups excluding carboxylic acids is 1. The van der Waals surface area contributed by atoms with E-state index in [0.717, 1.165) is 12.5 Å². The van der Waals surface area contributed by atoms with Crippen molar-refractivity contribution in [2.75, 3.05) is 13.1 Å². The Balaban J connectivity index is 2.16. The Morgan fingerprint density at radius 3 is 2.89 bits per heavy atom. The van der Waals surface area contributed by atoms with Crippen LogP contribution in [0.15, 0.2) is 18.2 Å². The lowest BCUT2D eigenvalue weighted by molar-refractivity contribution is 0.0703. The summed E-state index contributed by atoms with van der Waals surface area (Å²) in [6, 6.07) is 3.48. The molecule has 3 nitrogen and oxygen atoms in total. The first-order valence-corrected chi connectivity index (χ1v) is 6.82. The maximum absolute atomic E-state index is 12.9. The molecule has 1 amide bonds. The highest BCUT2D eigenvalue weighted by Gasteiger charge is 2.28. The van der Waals surface area contributed by atoms with Gasteiger partial charge in [0, 0.05) is 24.0 Å². The zero-order valence-electron chi connectivity index (χ0n) is 10.1. The molecule has 18 heavy (non-hydrogen) atoms. The van der Waals surface area contributed by atoms with Crippen molar-refractivity contribution in [1.29, 1.82) is 0 Å². The number of alkyl halides is 1. The van der Waals surface area contributed by atoms with Crippen LogP contribution in [0.2, 0.25) is 0 Å². The van der Waals surface area contributed by atoms with Crippen molar-refractivity contribution in [3.05, 3.63) is 29.6 Å². The SMILES string of the molecule is CC1CCN(C(=O)c2ccc(F)cc2O)CC1Br. The van der Waals surface area contributed by atoms with Crippen molar-refractivity contribution < 1.29 is 14.3 Å². The summed E-state index contributed by atoms with van der Waals surface area (Å²) in [5.74, 6) is -0.570. The summed E-state index contributed by atoms with van der Waals surface area (Å²) < 4.78 is 12.9. The molecule has 2 unspecified atom stereocenters. The van der Waals surface area contributed by atoms with Gasteiger partial charge in [0.1, 0.15) is 11.6 Å². The minimum absolute atomic E-state index is 0.158. The van der Waals surface area contributed by atoms with Gasteiger partial charge in [0.05, 0.1) is 5.56 Å². The van der Waals surface area contributed by atoms with Crippen LogP contribution in [0.3, 0.4) is 0 Å². The average molecular weight is 316 g/mol. The number of phenolic OH excluding ortho intramolecular Hbond substituents is 1. The molecule has 0 bridgehead atoms. The van der Waals surface area contributed by atoms with Crippen LogP contribution in [-0.2, 0) is 0 Å². The highest BCUT2D eigenvalue weighted by Crippen LogP contribution is 2.26. The van der Waals surface area contributed by atoms with E-state index in [1.807, 2.05) is 0 Å². The van der Waals surface area contributed by atoms with Crippen molar-refractivity contribution >= 4 is 21.8 Å². The first-order chi connectivity index (χ1) is 8.49. The third-order valence-electron chi connectivity index (χ3n) is 3.34. The van der Waals surface area contributed by atoms with Gasteiger partial charge in [0.2, 0.25) is 0 Å². The third-order valence-corrected chi connectivity index (χ3v) is 4.54. The molecule has 98 valence electrons. The molecule has 2 atom stereocenters. The molecule has 1 aromatic carbocycles. The summed E-state index contributed by atoms with van der Waals surface area (Å²) >= 11 is 3.55. The minimum atomic E-state index is -0.547. The van der Waals surface area contributed by atoms with Crippen molar-refractivity contribution in [3.8, 4) is 5.75 Å². The van der Waals surface area contributed by atoms with Crippen LogP contribution >= 0.6 is 15.9 Å². The second-order valence-electron chi connectivity index (χ2n) is 4.69. The van der Waals surface area contributed by atoms with E-state index in [4.69, 9.17) is 0 Å². The van der Waals surface area contributed by atoms with Gasteiger partial charge in [-0.1, -0.05) is 22.9 Å². The van der Waals surface area contributed by atoms with E-state index < -0.39 is 5.82 Å². The van der Waals surface area contributed by atoms with Gasteiger partial charge in [-0.2, -0.15) is 0 Å². The smallest absolute Gasteiger partial charge is 0.257 e. The second kappa shape index (κ2) is 5.26. The maximum Gasteiger partial charge on any atom is 0.257 e. The number of hydrogen-bond acceptors (Lipinski definition) is 2. The number of amides is 1. The molecular formula is C13H15BrFNO2. The number of piperidine rings is 1. The van der Waals surface area contributed by atoms with E-state index in [-0.39, 0.29) is 22.0 Å². The van der Waals surface area contributed by atoms with Gasteiger partial charge >= 0.3 is 0 Å².